The van der Waals surface area contributed by atoms with E-state index in [-0.39, 0.29) is 0 Å². The van der Waals surface area contributed by atoms with Crippen molar-refractivity contribution in [3.63, 3.8) is 0 Å². The van der Waals surface area contributed by atoms with E-state index < -0.39 is 0 Å². The van der Waals surface area contributed by atoms with Gasteiger partial charge in [-0.1, -0.05) is 39.0 Å². The normalized spacial score (nSPS) is 11.8. The minimum absolute atomic E-state index is 0.748. The van der Waals surface area contributed by atoms with Crippen LogP contribution in [-0.4, -0.2) is 5.84 Å². The van der Waals surface area contributed by atoms with Crippen LogP contribution < -0.4 is 5.73 Å². The smallest absolute Gasteiger partial charge is 0.0996 e. The molecule has 0 saturated heterocycles. The van der Waals surface area contributed by atoms with Crippen LogP contribution >= 0.6 is 0 Å². The van der Waals surface area contributed by atoms with Gasteiger partial charge in [-0.05, 0) is 30.4 Å². The highest BCUT2D eigenvalue weighted by Crippen LogP contribution is 2.25. The predicted molar refractivity (Wildman–Crippen MR) is 71.4 cm³/mol. The van der Waals surface area contributed by atoms with Gasteiger partial charge < -0.3 is 5.73 Å². The Hall–Kier alpha value is -1.31. The third-order valence-corrected chi connectivity index (χ3v) is 2.73. The zero-order chi connectivity index (χ0) is 12.0. The van der Waals surface area contributed by atoms with Crippen LogP contribution in [0.2, 0.25) is 0 Å². The van der Waals surface area contributed by atoms with Gasteiger partial charge in [0.25, 0.3) is 0 Å². The maximum absolute atomic E-state index is 5.91. The van der Waals surface area contributed by atoms with E-state index in [1.54, 1.807) is 0 Å². The molecule has 0 aliphatic rings. The highest BCUT2D eigenvalue weighted by Gasteiger charge is 2.05. The summed E-state index contributed by atoms with van der Waals surface area (Å²) >= 11 is 0. The Kier molecular flexibility index (Phi) is 5.03. The Labute approximate surface area is 98.6 Å². The van der Waals surface area contributed by atoms with Crippen LogP contribution in [-0.2, 0) is 12.8 Å². The van der Waals surface area contributed by atoms with Crippen LogP contribution in [0, 0.1) is 0 Å². The summed E-state index contributed by atoms with van der Waals surface area (Å²) in [6.07, 6.45) is 3.93. The molecule has 0 amide bonds. The number of amidine groups is 1. The molecular weight excluding hydrogens is 196 g/mol. The molecule has 88 valence electrons. The summed E-state index contributed by atoms with van der Waals surface area (Å²) in [5.41, 5.74) is 9.59. The number of nitrogens with two attached hydrogens (primary N) is 1. The molecule has 1 rings (SSSR count). The number of nitrogens with zero attached hydrogens (tertiary/aromatic N) is 1. The first-order valence-corrected chi connectivity index (χ1v) is 6.16. The SMILES string of the molecule is CCCC(N)=Nc1c(CC)cccc1CC. The van der Waals surface area contributed by atoms with Gasteiger partial charge in [0.15, 0.2) is 0 Å². The summed E-state index contributed by atoms with van der Waals surface area (Å²) < 4.78 is 0. The second-order valence-electron chi connectivity index (χ2n) is 3.99. The molecule has 0 saturated carbocycles. The van der Waals surface area contributed by atoms with Crippen molar-refractivity contribution in [3.8, 4) is 0 Å². The molecule has 0 aliphatic carbocycles. The molecule has 1 aromatic carbocycles. The third kappa shape index (κ3) is 3.09. The molecule has 2 heteroatoms. The van der Waals surface area contributed by atoms with E-state index in [2.05, 4.69) is 44.0 Å². The number of para-hydroxylation sites is 1. The maximum atomic E-state index is 5.91. The summed E-state index contributed by atoms with van der Waals surface area (Å²) in [5.74, 6) is 0.748. The second kappa shape index (κ2) is 6.31. The third-order valence-electron chi connectivity index (χ3n) is 2.73. The number of rotatable bonds is 5. The Balaban J connectivity index is 3.13. The molecule has 0 unspecified atom stereocenters. The molecule has 0 aliphatic heterocycles. The summed E-state index contributed by atoms with van der Waals surface area (Å²) in [4.78, 5) is 4.58. The fourth-order valence-corrected chi connectivity index (χ4v) is 1.81. The maximum Gasteiger partial charge on any atom is 0.0996 e. The number of hydrogen-bond donors (Lipinski definition) is 1. The lowest BCUT2D eigenvalue weighted by atomic mass is 10.0. The van der Waals surface area contributed by atoms with Crippen LogP contribution in [0.25, 0.3) is 0 Å². The van der Waals surface area contributed by atoms with Crippen molar-refractivity contribution in [2.24, 2.45) is 10.7 Å². The van der Waals surface area contributed by atoms with E-state index in [0.29, 0.717) is 0 Å². The first-order valence-electron chi connectivity index (χ1n) is 6.16. The molecule has 0 spiro atoms. The molecule has 2 N–H and O–H groups in total. The first kappa shape index (κ1) is 12.8. The molecule has 0 atom stereocenters. The highest BCUT2D eigenvalue weighted by molar-refractivity contribution is 5.84. The van der Waals surface area contributed by atoms with Crippen LogP contribution in [0.15, 0.2) is 23.2 Å². The molecule has 16 heavy (non-hydrogen) atoms. The zero-order valence-corrected chi connectivity index (χ0v) is 10.6. The highest BCUT2D eigenvalue weighted by atomic mass is 14.9. The van der Waals surface area contributed by atoms with Crippen molar-refractivity contribution in [3.05, 3.63) is 29.3 Å². The molecule has 0 aromatic heterocycles. The molecular formula is C14H22N2. The zero-order valence-electron chi connectivity index (χ0n) is 10.6. The lowest BCUT2D eigenvalue weighted by Crippen LogP contribution is -2.10. The van der Waals surface area contributed by atoms with Gasteiger partial charge in [0.05, 0.1) is 11.5 Å². The van der Waals surface area contributed by atoms with Gasteiger partial charge in [-0.2, -0.15) is 0 Å². The Morgan fingerprint density at radius 2 is 1.69 bits per heavy atom. The van der Waals surface area contributed by atoms with Crippen LogP contribution in [0.1, 0.15) is 44.7 Å². The van der Waals surface area contributed by atoms with Crippen molar-refractivity contribution in [2.75, 3.05) is 0 Å². The van der Waals surface area contributed by atoms with E-state index in [9.17, 15) is 0 Å². The molecule has 0 heterocycles. The Morgan fingerprint density at radius 1 is 1.12 bits per heavy atom. The molecule has 2 nitrogen and oxygen atoms in total. The van der Waals surface area contributed by atoms with Crippen molar-refractivity contribution in [1.82, 2.24) is 0 Å². The monoisotopic (exact) mass is 218 g/mol. The second-order valence-corrected chi connectivity index (χ2v) is 3.99. The van der Waals surface area contributed by atoms with Crippen molar-refractivity contribution in [1.29, 1.82) is 0 Å². The lowest BCUT2D eigenvalue weighted by molar-refractivity contribution is 0.979. The summed E-state index contributed by atoms with van der Waals surface area (Å²) in [7, 11) is 0. The number of benzene rings is 1. The van der Waals surface area contributed by atoms with Gasteiger partial charge in [-0.15, -0.1) is 0 Å². The quantitative estimate of drug-likeness (QED) is 0.595. The van der Waals surface area contributed by atoms with E-state index in [0.717, 1.165) is 37.2 Å². The first-order chi connectivity index (χ1) is 7.72. The largest absolute Gasteiger partial charge is 0.387 e. The van der Waals surface area contributed by atoms with Gasteiger partial charge in [-0.3, -0.25) is 0 Å². The standard InChI is InChI=1S/C14H22N2/c1-4-8-13(15)16-14-11(5-2)9-7-10-12(14)6-3/h7,9-10H,4-6,8H2,1-3H3,(H2,15,16). The van der Waals surface area contributed by atoms with Crippen LogP contribution in [0.5, 0.6) is 0 Å². The van der Waals surface area contributed by atoms with Gasteiger partial charge >= 0.3 is 0 Å². The van der Waals surface area contributed by atoms with Gasteiger partial charge in [0.1, 0.15) is 0 Å². The minimum Gasteiger partial charge on any atom is -0.387 e. The average Bonchev–Trinajstić information content (AvgIpc) is 2.29. The molecule has 1 aromatic rings. The van der Waals surface area contributed by atoms with Crippen LogP contribution in [0.4, 0.5) is 5.69 Å². The number of aliphatic imine (C=N–C) groups is 1. The van der Waals surface area contributed by atoms with Crippen molar-refractivity contribution >= 4 is 11.5 Å². The average molecular weight is 218 g/mol. The lowest BCUT2D eigenvalue weighted by Gasteiger charge is -2.09. The summed E-state index contributed by atoms with van der Waals surface area (Å²) in [6, 6.07) is 6.38. The van der Waals surface area contributed by atoms with Gasteiger partial charge in [0, 0.05) is 6.42 Å². The van der Waals surface area contributed by atoms with Crippen molar-refractivity contribution in [2.45, 2.75) is 46.5 Å². The van der Waals surface area contributed by atoms with E-state index in [1.807, 2.05) is 0 Å². The van der Waals surface area contributed by atoms with Gasteiger partial charge in [0.2, 0.25) is 0 Å². The van der Waals surface area contributed by atoms with Crippen molar-refractivity contribution < 1.29 is 0 Å². The number of hydrogen-bond acceptors (Lipinski definition) is 1. The van der Waals surface area contributed by atoms with Crippen LogP contribution in [0.3, 0.4) is 0 Å². The fraction of sp³-hybridized carbons (Fsp3) is 0.500. The minimum atomic E-state index is 0.748. The topological polar surface area (TPSA) is 38.4 Å². The fourth-order valence-electron chi connectivity index (χ4n) is 1.81. The summed E-state index contributed by atoms with van der Waals surface area (Å²) in [5, 5.41) is 0. The molecule has 0 fully saturated rings. The van der Waals surface area contributed by atoms with E-state index >= 15 is 0 Å². The predicted octanol–water partition coefficient (Wildman–Crippen LogP) is 3.60. The van der Waals surface area contributed by atoms with E-state index in [1.165, 1.54) is 11.1 Å². The molecule has 0 bridgehead atoms. The molecule has 0 radical (unpaired) electrons. The summed E-state index contributed by atoms with van der Waals surface area (Å²) in [6.45, 7) is 6.43. The Morgan fingerprint density at radius 3 is 2.12 bits per heavy atom. The van der Waals surface area contributed by atoms with E-state index in [4.69, 9.17) is 5.73 Å². The number of aryl methyl sites for hydroxylation is 2. The Bertz CT molecular complexity index is 345. The van der Waals surface area contributed by atoms with Gasteiger partial charge in [-0.25, -0.2) is 4.99 Å².